The van der Waals surface area contributed by atoms with E-state index >= 15 is 0 Å². The SMILES string of the molecule is CC(=O)N[C@@H]1[C@H](O[C@H]2[C@H](O)[C@H](O)[C@H](C)O[C@H]2O)O[C@@H](C)[C@@H](O)[C@H]1O. The summed E-state index contributed by atoms with van der Waals surface area (Å²) >= 11 is 0. The highest BCUT2D eigenvalue weighted by Gasteiger charge is 2.49. The van der Waals surface area contributed by atoms with Crippen molar-refractivity contribution in [3.8, 4) is 0 Å². The molecule has 1 amide bonds. The van der Waals surface area contributed by atoms with Crippen molar-refractivity contribution < 1.29 is 44.5 Å². The molecule has 2 heterocycles. The van der Waals surface area contributed by atoms with E-state index in [2.05, 4.69) is 5.32 Å². The van der Waals surface area contributed by atoms with Gasteiger partial charge in [0, 0.05) is 6.92 Å². The molecule has 10 nitrogen and oxygen atoms in total. The van der Waals surface area contributed by atoms with Gasteiger partial charge in [0.25, 0.3) is 0 Å². The third kappa shape index (κ3) is 3.86. The molecule has 2 fully saturated rings. The monoisotopic (exact) mass is 351 g/mol. The van der Waals surface area contributed by atoms with Crippen LogP contribution in [-0.2, 0) is 19.0 Å². The van der Waals surface area contributed by atoms with Crippen LogP contribution in [0.15, 0.2) is 0 Å². The number of rotatable bonds is 3. The molecule has 140 valence electrons. The van der Waals surface area contributed by atoms with E-state index in [1.54, 1.807) is 0 Å². The molecular formula is C14H25NO9. The number of carbonyl (C=O) groups is 1. The van der Waals surface area contributed by atoms with Crippen molar-refractivity contribution in [3.63, 3.8) is 0 Å². The minimum absolute atomic E-state index is 0.493. The number of aliphatic hydroxyl groups is 5. The Morgan fingerprint density at radius 2 is 1.46 bits per heavy atom. The highest BCUT2D eigenvalue weighted by Crippen LogP contribution is 2.28. The molecule has 0 spiro atoms. The lowest BCUT2D eigenvalue weighted by atomic mass is 9.96. The Labute approximate surface area is 138 Å². The van der Waals surface area contributed by atoms with Gasteiger partial charge in [-0.25, -0.2) is 0 Å². The first kappa shape index (κ1) is 19.5. The first-order valence-corrected chi connectivity index (χ1v) is 7.77. The average molecular weight is 351 g/mol. The lowest BCUT2D eigenvalue weighted by Crippen LogP contribution is -2.66. The van der Waals surface area contributed by atoms with Crippen LogP contribution in [0.3, 0.4) is 0 Å². The Balaban J connectivity index is 2.16. The minimum Gasteiger partial charge on any atom is -0.388 e. The Kier molecular flexibility index (Phi) is 6.15. The van der Waals surface area contributed by atoms with Gasteiger partial charge in [-0.1, -0.05) is 0 Å². The van der Waals surface area contributed by atoms with Gasteiger partial charge < -0.3 is 45.1 Å². The fourth-order valence-electron chi connectivity index (χ4n) is 2.85. The molecule has 10 atom stereocenters. The zero-order chi connectivity index (χ0) is 18.2. The standard InChI is InChI=1S/C14H25NO9/c1-4-9(18)11(20)12(13(21)22-4)24-14-7(15-6(3)16)10(19)8(17)5(2)23-14/h4-5,7-14,17-21H,1-3H3,(H,15,16)/t4-,5-,7-,8+,9+,10-,11+,12-,13+,14-/m0/s1. The third-order valence-electron chi connectivity index (χ3n) is 4.30. The lowest BCUT2D eigenvalue weighted by Gasteiger charge is -2.45. The number of amides is 1. The normalized spacial score (nSPS) is 49.7. The van der Waals surface area contributed by atoms with E-state index in [0.29, 0.717) is 0 Å². The number of hydrogen-bond donors (Lipinski definition) is 6. The molecule has 0 aromatic carbocycles. The largest absolute Gasteiger partial charge is 0.388 e. The third-order valence-corrected chi connectivity index (χ3v) is 4.30. The lowest BCUT2D eigenvalue weighted by molar-refractivity contribution is -0.341. The maximum atomic E-state index is 11.3. The predicted molar refractivity (Wildman–Crippen MR) is 77.4 cm³/mol. The quantitative estimate of drug-likeness (QED) is 0.308. The summed E-state index contributed by atoms with van der Waals surface area (Å²) in [6, 6.07) is -1.13. The van der Waals surface area contributed by atoms with E-state index in [9.17, 15) is 30.3 Å². The van der Waals surface area contributed by atoms with Crippen LogP contribution in [0.2, 0.25) is 0 Å². The van der Waals surface area contributed by atoms with E-state index < -0.39 is 67.3 Å². The molecule has 0 aromatic heterocycles. The van der Waals surface area contributed by atoms with Crippen LogP contribution in [0, 0.1) is 0 Å². The first-order valence-electron chi connectivity index (χ1n) is 7.77. The first-order chi connectivity index (χ1) is 11.1. The van der Waals surface area contributed by atoms with Crippen LogP contribution in [-0.4, -0.2) is 92.8 Å². The summed E-state index contributed by atoms with van der Waals surface area (Å²) in [6.45, 7) is 4.19. The second kappa shape index (κ2) is 7.58. The average Bonchev–Trinajstić information content (AvgIpc) is 2.50. The molecule has 6 N–H and O–H groups in total. The van der Waals surface area contributed by atoms with Crippen molar-refractivity contribution in [2.24, 2.45) is 0 Å². The van der Waals surface area contributed by atoms with Crippen LogP contribution in [0.5, 0.6) is 0 Å². The van der Waals surface area contributed by atoms with Gasteiger partial charge in [0.2, 0.25) is 5.91 Å². The second-order valence-electron chi connectivity index (χ2n) is 6.23. The number of aliphatic hydroxyl groups excluding tert-OH is 5. The summed E-state index contributed by atoms with van der Waals surface area (Å²) in [4.78, 5) is 11.3. The maximum Gasteiger partial charge on any atom is 0.217 e. The van der Waals surface area contributed by atoms with E-state index in [1.165, 1.54) is 20.8 Å². The number of hydrogen-bond acceptors (Lipinski definition) is 9. The Hall–Kier alpha value is -0.850. The highest BCUT2D eigenvalue weighted by molar-refractivity contribution is 5.73. The van der Waals surface area contributed by atoms with Crippen molar-refractivity contribution in [3.05, 3.63) is 0 Å². The maximum absolute atomic E-state index is 11.3. The van der Waals surface area contributed by atoms with Gasteiger partial charge in [-0.2, -0.15) is 0 Å². The van der Waals surface area contributed by atoms with Gasteiger partial charge in [-0.05, 0) is 13.8 Å². The molecule has 2 rings (SSSR count). The Morgan fingerprint density at radius 3 is 2.04 bits per heavy atom. The molecule has 10 heteroatoms. The number of nitrogens with one attached hydrogen (secondary N) is 1. The number of carbonyl (C=O) groups excluding carboxylic acids is 1. The molecule has 0 aliphatic carbocycles. The molecule has 0 radical (unpaired) electrons. The molecule has 0 bridgehead atoms. The minimum atomic E-state index is -1.54. The highest BCUT2D eigenvalue weighted by atomic mass is 16.7. The van der Waals surface area contributed by atoms with Crippen molar-refractivity contribution in [2.75, 3.05) is 0 Å². The van der Waals surface area contributed by atoms with Crippen molar-refractivity contribution >= 4 is 5.91 Å². The molecule has 2 aliphatic rings. The van der Waals surface area contributed by atoms with Gasteiger partial charge in [-0.3, -0.25) is 4.79 Å². The van der Waals surface area contributed by atoms with Gasteiger partial charge in [0.05, 0.1) is 12.2 Å². The van der Waals surface area contributed by atoms with Crippen LogP contribution in [0.4, 0.5) is 0 Å². The smallest absolute Gasteiger partial charge is 0.217 e. The van der Waals surface area contributed by atoms with Gasteiger partial charge in [0.1, 0.15) is 36.6 Å². The van der Waals surface area contributed by atoms with E-state index in [-0.39, 0.29) is 0 Å². The molecule has 24 heavy (non-hydrogen) atoms. The van der Waals surface area contributed by atoms with E-state index in [0.717, 1.165) is 0 Å². The van der Waals surface area contributed by atoms with Crippen LogP contribution in [0.1, 0.15) is 20.8 Å². The second-order valence-corrected chi connectivity index (χ2v) is 6.23. The predicted octanol–water partition coefficient (Wildman–Crippen LogP) is -3.20. The topological polar surface area (TPSA) is 158 Å². The van der Waals surface area contributed by atoms with Gasteiger partial charge >= 0.3 is 0 Å². The zero-order valence-corrected chi connectivity index (χ0v) is 13.6. The summed E-state index contributed by atoms with van der Waals surface area (Å²) in [5.41, 5.74) is 0. The van der Waals surface area contributed by atoms with Crippen LogP contribution < -0.4 is 5.32 Å². The summed E-state index contributed by atoms with van der Waals surface area (Å²) in [5.74, 6) is -0.493. The Morgan fingerprint density at radius 1 is 0.917 bits per heavy atom. The van der Waals surface area contributed by atoms with Gasteiger partial charge in [-0.15, -0.1) is 0 Å². The molecule has 2 saturated heterocycles. The molecule has 0 saturated carbocycles. The van der Waals surface area contributed by atoms with Crippen LogP contribution >= 0.6 is 0 Å². The van der Waals surface area contributed by atoms with Crippen molar-refractivity contribution in [1.29, 1.82) is 0 Å². The molecular weight excluding hydrogens is 326 g/mol. The molecule has 2 aliphatic heterocycles. The number of ether oxygens (including phenoxy) is 3. The van der Waals surface area contributed by atoms with Crippen molar-refractivity contribution in [2.45, 2.75) is 82.1 Å². The van der Waals surface area contributed by atoms with Crippen LogP contribution in [0.25, 0.3) is 0 Å². The molecule has 0 unspecified atom stereocenters. The zero-order valence-electron chi connectivity index (χ0n) is 13.6. The summed E-state index contributed by atoms with van der Waals surface area (Å²) < 4.78 is 16.0. The fraction of sp³-hybridized carbons (Fsp3) is 0.929. The fourth-order valence-corrected chi connectivity index (χ4v) is 2.85. The Bertz CT molecular complexity index is 450. The van der Waals surface area contributed by atoms with E-state index in [1.807, 2.05) is 0 Å². The van der Waals surface area contributed by atoms with Gasteiger partial charge in [0.15, 0.2) is 12.6 Å². The summed E-state index contributed by atoms with van der Waals surface area (Å²) in [5, 5.41) is 52.3. The summed E-state index contributed by atoms with van der Waals surface area (Å²) in [7, 11) is 0. The van der Waals surface area contributed by atoms with Crippen molar-refractivity contribution in [1.82, 2.24) is 5.32 Å². The summed E-state index contributed by atoms with van der Waals surface area (Å²) in [6.07, 6.45) is -11.2. The molecule has 0 aromatic rings. The van der Waals surface area contributed by atoms with E-state index in [4.69, 9.17) is 14.2 Å².